The van der Waals surface area contributed by atoms with Crippen molar-refractivity contribution >= 4 is 52.6 Å². The van der Waals surface area contributed by atoms with Gasteiger partial charge in [-0.3, -0.25) is 29.5 Å². The Morgan fingerprint density at radius 2 is 1.68 bits per heavy atom. The van der Waals surface area contributed by atoms with Crippen molar-refractivity contribution in [2.24, 2.45) is 23.7 Å². The summed E-state index contributed by atoms with van der Waals surface area (Å²) in [5.74, 6) is -6.86. The number of nitrogens with one attached hydrogen (secondary N) is 1. The third kappa shape index (κ3) is 5.65. The monoisotopic (exact) mass is 770 g/mol. The molecule has 3 aromatic rings. The smallest absolute Gasteiger partial charge is 0.417 e. The third-order valence-electron chi connectivity index (χ3n) is 10.8. The first-order valence-corrected chi connectivity index (χ1v) is 17.8. The van der Waals surface area contributed by atoms with Crippen LogP contribution in [0.4, 0.5) is 19.0 Å². The number of carbonyl (C=O) groups is 4. The van der Waals surface area contributed by atoms with Crippen LogP contribution in [0.2, 0.25) is 10.0 Å². The number of hydrogen-bond acceptors (Lipinski definition) is 8. The number of phenols is 1. The number of rotatable bonds is 6. The Kier molecular flexibility index (Phi) is 8.84. The predicted molar refractivity (Wildman–Crippen MR) is 188 cm³/mol. The van der Waals surface area contributed by atoms with Crippen LogP contribution >= 0.6 is 23.2 Å². The minimum Gasteiger partial charge on any atom is -0.504 e. The second kappa shape index (κ2) is 12.8. The number of ether oxygens (including phenoxy) is 1. The molecule has 0 bridgehead atoms. The van der Waals surface area contributed by atoms with Crippen LogP contribution in [0.5, 0.6) is 11.5 Å². The summed E-state index contributed by atoms with van der Waals surface area (Å²) in [5.41, 5.74) is 0.508. The van der Waals surface area contributed by atoms with Gasteiger partial charge >= 0.3 is 6.18 Å². The van der Waals surface area contributed by atoms with Gasteiger partial charge in [0.1, 0.15) is 0 Å². The van der Waals surface area contributed by atoms with Crippen molar-refractivity contribution in [3.05, 3.63) is 93.1 Å². The molecule has 278 valence electrons. The quantitative estimate of drug-likeness (QED) is 0.198. The van der Waals surface area contributed by atoms with Gasteiger partial charge in [0, 0.05) is 22.7 Å². The zero-order valence-electron chi connectivity index (χ0n) is 29.0. The third-order valence-corrected chi connectivity index (χ3v) is 11.4. The molecule has 2 aromatic carbocycles. The number of hydrazine groups is 1. The number of alkyl halides is 3. The van der Waals surface area contributed by atoms with Crippen LogP contribution < -0.4 is 10.2 Å². The van der Waals surface area contributed by atoms with E-state index in [9.17, 15) is 32.7 Å². The number of fused-ring (bicyclic) bond motifs is 4. The summed E-state index contributed by atoms with van der Waals surface area (Å²) >= 11 is 12.6. The molecule has 1 saturated carbocycles. The van der Waals surface area contributed by atoms with E-state index in [0.29, 0.717) is 34.0 Å². The van der Waals surface area contributed by atoms with Crippen LogP contribution in [0.3, 0.4) is 0 Å². The summed E-state index contributed by atoms with van der Waals surface area (Å²) in [4.78, 5) is 63.3. The average molecular weight is 772 g/mol. The Balaban J connectivity index is 1.45. The van der Waals surface area contributed by atoms with Gasteiger partial charge in [-0.15, -0.1) is 0 Å². The van der Waals surface area contributed by atoms with Gasteiger partial charge in [-0.05, 0) is 87.9 Å². The van der Waals surface area contributed by atoms with E-state index in [1.165, 1.54) is 11.0 Å². The number of likely N-dealkylation sites (tertiary alicyclic amines) is 1. The van der Waals surface area contributed by atoms with Crippen LogP contribution in [-0.2, 0) is 30.8 Å². The number of aromatic nitrogens is 1. The van der Waals surface area contributed by atoms with Gasteiger partial charge in [-0.2, -0.15) is 18.2 Å². The summed E-state index contributed by atoms with van der Waals surface area (Å²) in [5, 5.41) is 11.3. The molecule has 53 heavy (non-hydrogen) atoms. The number of nitrogens with zero attached hydrogens (tertiary/aromatic N) is 3. The largest absolute Gasteiger partial charge is 0.504 e. The average Bonchev–Trinajstić information content (AvgIpc) is 3.47. The van der Waals surface area contributed by atoms with Crippen LogP contribution in [0.1, 0.15) is 63.1 Å². The zero-order valence-corrected chi connectivity index (χ0v) is 30.5. The van der Waals surface area contributed by atoms with Gasteiger partial charge in [0.15, 0.2) is 17.3 Å². The lowest BCUT2D eigenvalue weighted by Gasteiger charge is -2.50. The van der Waals surface area contributed by atoms with E-state index in [-0.39, 0.29) is 48.6 Å². The normalized spacial score (nSPS) is 27.0. The number of anilines is 1. The van der Waals surface area contributed by atoms with Gasteiger partial charge in [-0.1, -0.05) is 53.1 Å². The maximum Gasteiger partial charge on any atom is 0.417 e. The van der Waals surface area contributed by atoms with E-state index in [0.717, 1.165) is 5.01 Å². The van der Waals surface area contributed by atoms with E-state index in [1.54, 1.807) is 64.1 Å². The SMILES string of the molecule is CCOc1cc(C2C3=CCC4C(=O)N(C(C)(C)C)C(=O)C4C3CC3C(=O)N(Nc4ncc(C(F)(F)F)cc4Cl)C(=O)C32c2ccc(Cl)cc2)ccc1O. The molecule has 4 amide bonds. The summed E-state index contributed by atoms with van der Waals surface area (Å²) in [6.07, 6.45) is -2.13. The molecule has 6 unspecified atom stereocenters. The summed E-state index contributed by atoms with van der Waals surface area (Å²) < 4.78 is 46.1. The van der Waals surface area contributed by atoms with E-state index in [2.05, 4.69) is 10.4 Å². The molecule has 1 aromatic heterocycles. The Morgan fingerprint density at radius 1 is 0.981 bits per heavy atom. The highest BCUT2D eigenvalue weighted by molar-refractivity contribution is 6.33. The lowest BCUT2D eigenvalue weighted by atomic mass is 9.49. The molecule has 0 radical (unpaired) electrons. The summed E-state index contributed by atoms with van der Waals surface area (Å²) in [7, 11) is 0. The van der Waals surface area contributed by atoms with Crippen molar-refractivity contribution in [3.63, 3.8) is 0 Å². The molecule has 10 nitrogen and oxygen atoms in total. The minimum absolute atomic E-state index is 0.0174. The molecule has 2 aliphatic carbocycles. The van der Waals surface area contributed by atoms with Crippen LogP contribution in [-0.4, -0.2) is 55.8 Å². The highest BCUT2D eigenvalue weighted by Gasteiger charge is 2.70. The topological polar surface area (TPSA) is 129 Å². The van der Waals surface area contributed by atoms with Crippen molar-refractivity contribution < 1.29 is 42.2 Å². The number of hydrogen-bond donors (Lipinski definition) is 2. The minimum atomic E-state index is -4.75. The molecule has 3 heterocycles. The van der Waals surface area contributed by atoms with E-state index in [4.69, 9.17) is 27.9 Å². The number of carbonyl (C=O) groups excluding carboxylic acids is 4. The molecule has 15 heteroatoms. The number of pyridine rings is 1. The maximum atomic E-state index is 15.3. The maximum absolute atomic E-state index is 15.3. The van der Waals surface area contributed by atoms with E-state index < -0.39 is 69.1 Å². The lowest BCUT2D eigenvalue weighted by Crippen LogP contribution is -2.53. The Morgan fingerprint density at radius 3 is 2.30 bits per heavy atom. The molecule has 7 rings (SSSR count). The van der Waals surface area contributed by atoms with E-state index in [1.807, 2.05) is 6.08 Å². The zero-order chi connectivity index (χ0) is 38.4. The van der Waals surface area contributed by atoms with Gasteiger partial charge < -0.3 is 9.84 Å². The van der Waals surface area contributed by atoms with E-state index >= 15 is 4.79 Å². The van der Waals surface area contributed by atoms with Gasteiger partial charge in [0.05, 0.1) is 40.4 Å². The fraction of sp³-hybridized carbons (Fsp3) is 0.395. The number of benzene rings is 2. The summed E-state index contributed by atoms with van der Waals surface area (Å²) in [6.45, 7) is 7.27. The molecular formula is C38H35Cl2F3N4O6. The number of aromatic hydroxyl groups is 1. The Hall–Kier alpha value is -4.62. The van der Waals surface area contributed by atoms with Gasteiger partial charge in [0.2, 0.25) is 11.8 Å². The highest BCUT2D eigenvalue weighted by Crippen LogP contribution is 2.64. The van der Waals surface area contributed by atoms with Crippen molar-refractivity contribution in [1.82, 2.24) is 14.9 Å². The fourth-order valence-corrected chi connectivity index (χ4v) is 9.13. The molecular weight excluding hydrogens is 736 g/mol. The summed E-state index contributed by atoms with van der Waals surface area (Å²) in [6, 6.07) is 11.7. The van der Waals surface area contributed by atoms with Crippen LogP contribution in [0, 0.1) is 23.7 Å². The number of halogens is 5. The van der Waals surface area contributed by atoms with Crippen molar-refractivity contribution in [2.75, 3.05) is 12.0 Å². The van der Waals surface area contributed by atoms with Crippen molar-refractivity contribution in [1.29, 1.82) is 0 Å². The van der Waals surface area contributed by atoms with Crippen molar-refractivity contribution in [2.45, 2.75) is 63.6 Å². The number of allylic oxidation sites excluding steroid dienone is 2. The molecule has 2 aliphatic heterocycles. The number of phenolic OH excluding ortho intramolecular Hbond substituents is 1. The highest BCUT2D eigenvalue weighted by atomic mass is 35.5. The van der Waals surface area contributed by atoms with Crippen LogP contribution in [0.15, 0.2) is 66.4 Å². The first-order chi connectivity index (χ1) is 24.9. The first kappa shape index (κ1) is 36.7. The first-order valence-electron chi connectivity index (χ1n) is 17.1. The Labute approximate surface area is 312 Å². The molecule has 4 aliphatic rings. The number of amides is 4. The molecule has 6 atom stereocenters. The predicted octanol–water partition coefficient (Wildman–Crippen LogP) is 7.29. The molecule has 0 spiro atoms. The molecule has 3 fully saturated rings. The number of imide groups is 2. The second-order valence-corrected chi connectivity index (χ2v) is 15.6. The second-order valence-electron chi connectivity index (χ2n) is 14.8. The fourth-order valence-electron chi connectivity index (χ4n) is 8.80. The molecule has 2 N–H and O–H groups in total. The van der Waals surface area contributed by atoms with Crippen LogP contribution in [0.25, 0.3) is 0 Å². The Bertz CT molecular complexity index is 2080. The molecule has 2 saturated heterocycles. The standard InChI is InChI=1S/C38H35Cl2F3N4O6/c1-5-53-28-14-18(6-13-27(28)48)30-22-11-12-23-29(34(51)46(32(23)49)36(2,3)4)24(22)16-25-33(50)47(35(52)37(25,30)19-7-9-21(39)10-8-19)45-31-26(40)15-20(17-44-31)38(41,42)43/h6-11,13-15,17,23-25,29-30,48H,5,12,16H2,1-4H3,(H,44,45). The lowest BCUT2D eigenvalue weighted by molar-refractivity contribution is -0.146. The van der Waals surface area contributed by atoms with Gasteiger partial charge in [0.25, 0.3) is 11.8 Å². The van der Waals surface area contributed by atoms with Crippen molar-refractivity contribution in [3.8, 4) is 11.5 Å². The van der Waals surface area contributed by atoms with Gasteiger partial charge in [-0.25, -0.2) is 4.98 Å².